The molecule has 124 valence electrons. The van der Waals surface area contributed by atoms with Crippen molar-refractivity contribution in [3.05, 3.63) is 35.4 Å². The first-order valence-electron chi connectivity index (χ1n) is 7.99. The molecule has 2 unspecified atom stereocenters. The molecule has 0 radical (unpaired) electrons. The Labute approximate surface area is 140 Å². The molecule has 1 aliphatic rings. The quantitative estimate of drug-likeness (QED) is 0.892. The molecule has 1 aliphatic heterocycles. The Bertz CT molecular complexity index is 473. The minimum atomic E-state index is 0. The Kier molecular flexibility index (Phi) is 6.89. The van der Waals surface area contributed by atoms with Crippen LogP contribution in [0.15, 0.2) is 24.3 Å². The van der Waals surface area contributed by atoms with Gasteiger partial charge >= 0.3 is 0 Å². The second-order valence-corrected chi connectivity index (χ2v) is 7.15. The van der Waals surface area contributed by atoms with E-state index in [1.165, 1.54) is 11.1 Å². The predicted molar refractivity (Wildman–Crippen MR) is 94.5 cm³/mol. The Morgan fingerprint density at radius 2 is 1.91 bits per heavy atom. The van der Waals surface area contributed by atoms with E-state index in [1.54, 1.807) is 0 Å². The molecule has 2 rings (SSSR count). The summed E-state index contributed by atoms with van der Waals surface area (Å²) in [6.45, 7) is 10.5. The number of hydrogen-bond acceptors (Lipinski definition) is 2. The maximum atomic E-state index is 12.3. The molecule has 4 heteroatoms. The average molecular weight is 325 g/mol. The zero-order chi connectivity index (χ0) is 15.5. The van der Waals surface area contributed by atoms with Crippen LogP contribution >= 0.6 is 12.4 Å². The second kappa shape index (κ2) is 7.98. The molecule has 0 bridgehead atoms. The topological polar surface area (TPSA) is 41.1 Å². The Balaban J connectivity index is 0.00000242. The summed E-state index contributed by atoms with van der Waals surface area (Å²) in [5, 5.41) is 6.44. The number of rotatable bonds is 3. The Morgan fingerprint density at radius 1 is 1.27 bits per heavy atom. The summed E-state index contributed by atoms with van der Waals surface area (Å²) < 4.78 is 0. The van der Waals surface area contributed by atoms with Crippen molar-refractivity contribution in [3.8, 4) is 0 Å². The van der Waals surface area contributed by atoms with Gasteiger partial charge in [0.1, 0.15) is 0 Å². The lowest BCUT2D eigenvalue weighted by Crippen LogP contribution is -2.41. The third-order valence-electron chi connectivity index (χ3n) is 4.30. The van der Waals surface area contributed by atoms with Gasteiger partial charge in [-0.05, 0) is 42.9 Å². The van der Waals surface area contributed by atoms with Crippen molar-refractivity contribution in [3.63, 3.8) is 0 Å². The maximum Gasteiger partial charge on any atom is 0.224 e. The van der Waals surface area contributed by atoms with Crippen LogP contribution in [0.1, 0.15) is 57.7 Å². The van der Waals surface area contributed by atoms with Crippen LogP contribution in [0.3, 0.4) is 0 Å². The molecule has 2 atom stereocenters. The molecule has 2 N–H and O–H groups in total. The van der Waals surface area contributed by atoms with Crippen LogP contribution in [0.2, 0.25) is 0 Å². The lowest BCUT2D eigenvalue weighted by atomic mass is 9.86. The van der Waals surface area contributed by atoms with E-state index in [-0.39, 0.29) is 35.7 Å². The van der Waals surface area contributed by atoms with Gasteiger partial charge in [-0.2, -0.15) is 0 Å². The van der Waals surface area contributed by atoms with E-state index in [4.69, 9.17) is 0 Å². The van der Waals surface area contributed by atoms with Gasteiger partial charge < -0.3 is 10.6 Å². The molecule has 0 saturated carbocycles. The molecular weight excluding hydrogens is 296 g/mol. The maximum absolute atomic E-state index is 12.3. The fourth-order valence-corrected chi connectivity index (χ4v) is 2.76. The first kappa shape index (κ1) is 19.0. The largest absolute Gasteiger partial charge is 0.349 e. The number of hydrogen-bond donors (Lipinski definition) is 2. The number of piperidine rings is 1. The monoisotopic (exact) mass is 324 g/mol. The standard InChI is InChI=1S/C18H28N2O.ClH/c1-13(20-17(21)15-6-5-11-19-12-15)14-7-9-16(10-8-14)18(2,3)4;/h7-10,13,15,19H,5-6,11-12H2,1-4H3,(H,20,21);1H. The van der Waals surface area contributed by atoms with Gasteiger partial charge in [0.05, 0.1) is 12.0 Å². The number of nitrogens with one attached hydrogen (secondary N) is 2. The van der Waals surface area contributed by atoms with Crippen LogP contribution in [0.4, 0.5) is 0 Å². The molecule has 1 amide bonds. The van der Waals surface area contributed by atoms with Crippen LogP contribution < -0.4 is 10.6 Å². The van der Waals surface area contributed by atoms with Gasteiger partial charge in [0.2, 0.25) is 5.91 Å². The number of carbonyl (C=O) groups excluding carboxylic acids is 1. The predicted octanol–water partition coefficient (Wildman–Crippen LogP) is 3.58. The smallest absolute Gasteiger partial charge is 0.224 e. The van der Waals surface area contributed by atoms with E-state index in [9.17, 15) is 4.79 Å². The molecule has 1 saturated heterocycles. The first-order valence-corrected chi connectivity index (χ1v) is 7.99. The van der Waals surface area contributed by atoms with E-state index < -0.39 is 0 Å². The van der Waals surface area contributed by atoms with E-state index in [1.807, 2.05) is 0 Å². The van der Waals surface area contributed by atoms with Crippen LogP contribution in [0.25, 0.3) is 0 Å². The normalized spacial score (nSPS) is 19.9. The molecule has 1 aromatic carbocycles. The van der Waals surface area contributed by atoms with Crippen molar-refractivity contribution >= 4 is 18.3 Å². The SMILES string of the molecule is CC(NC(=O)C1CCCNC1)c1ccc(C(C)(C)C)cc1.Cl. The minimum Gasteiger partial charge on any atom is -0.349 e. The number of amides is 1. The number of carbonyl (C=O) groups is 1. The molecule has 0 aromatic heterocycles. The highest BCUT2D eigenvalue weighted by molar-refractivity contribution is 5.85. The Hall–Kier alpha value is -1.06. The average Bonchev–Trinajstić information content (AvgIpc) is 2.47. The lowest BCUT2D eigenvalue weighted by Gasteiger charge is -2.25. The molecule has 3 nitrogen and oxygen atoms in total. The van der Waals surface area contributed by atoms with Crippen LogP contribution in [0.5, 0.6) is 0 Å². The molecular formula is C18H29ClN2O. The summed E-state index contributed by atoms with van der Waals surface area (Å²) >= 11 is 0. The first-order chi connectivity index (χ1) is 9.88. The van der Waals surface area contributed by atoms with Crippen molar-refractivity contribution in [1.29, 1.82) is 0 Å². The third kappa shape index (κ3) is 4.99. The Morgan fingerprint density at radius 3 is 2.41 bits per heavy atom. The summed E-state index contributed by atoms with van der Waals surface area (Å²) in [7, 11) is 0. The summed E-state index contributed by atoms with van der Waals surface area (Å²) in [4.78, 5) is 12.3. The van der Waals surface area contributed by atoms with Crippen LogP contribution in [0, 0.1) is 5.92 Å². The highest BCUT2D eigenvalue weighted by Crippen LogP contribution is 2.24. The summed E-state index contributed by atoms with van der Waals surface area (Å²) in [5.41, 5.74) is 2.65. The van der Waals surface area contributed by atoms with Gasteiger partial charge in [-0.25, -0.2) is 0 Å². The van der Waals surface area contributed by atoms with Gasteiger partial charge in [0.15, 0.2) is 0 Å². The molecule has 1 aromatic rings. The fraction of sp³-hybridized carbons (Fsp3) is 0.611. The van der Waals surface area contributed by atoms with Crippen LogP contribution in [-0.2, 0) is 10.2 Å². The zero-order valence-electron chi connectivity index (χ0n) is 14.1. The van der Waals surface area contributed by atoms with Crippen molar-refractivity contribution < 1.29 is 4.79 Å². The number of benzene rings is 1. The highest BCUT2D eigenvalue weighted by atomic mass is 35.5. The van der Waals surface area contributed by atoms with Gasteiger partial charge in [-0.3, -0.25) is 4.79 Å². The van der Waals surface area contributed by atoms with Gasteiger partial charge in [-0.1, -0.05) is 45.0 Å². The zero-order valence-corrected chi connectivity index (χ0v) is 14.9. The molecule has 0 spiro atoms. The van der Waals surface area contributed by atoms with Crippen molar-refractivity contribution in [2.75, 3.05) is 13.1 Å². The fourth-order valence-electron chi connectivity index (χ4n) is 2.76. The van der Waals surface area contributed by atoms with E-state index in [0.29, 0.717) is 0 Å². The molecule has 22 heavy (non-hydrogen) atoms. The lowest BCUT2D eigenvalue weighted by molar-refractivity contribution is -0.126. The third-order valence-corrected chi connectivity index (χ3v) is 4.30. The van der Waals surface area contributed by atoms with Gasteiger partial charge in [-0.15, -0.1) is 12.4 Å². The molecule has 1 fully saturated rings. The molecule has 1 heterocycles. The minimum absolute atomic E-state index is 0. The van der Waals surface area contributed by atoms with E-state index >= 15 is 0 Å². The summed E-state index contributed by atoms with van der Waals surface area (Å²) in [5.74, 6) is 0.296. The summed E-state index contributed by atoms with van der Waals surface area (Å²) in [6.07, 6.45) is 2.08. The molecule has 0 aliphatic carbocycles. The number of halogens is 1. The van der Waals surface area contributed by atoms with E-state index in [2.05, 4.69) is 62.6 Å². The van der Waals surface area contributed by atoms with Crippen molar-refractivity contribution in [2.45, 2.75) is 52.0 Å². The van der Waals surface area contributed by atoms with Gasteiger partial charge in [0, 0.05) is 6.54 Å². The summed E-state index contributed by atoms with van der Waals surface area (Å²) in [6, 6.07) is 8.66. The van der Waals surface area contributed by atoms with Gasteiger partial charge in [0.25, 0.3) is 0 Å². The van der Waals surface area contributed by atoms with E-state index in [0.717, 1.165) is 25.9 Å². The van der Waals surface area contributed by atoms with Crippen molar-refractivity contribution in [1.82, 2.24) is 10.6 Å². The highest BCUT2D eigenvalue weighted by Gasteiger charge is 2.22. The second-order valence-electron chi connectivity index (χ2n) is 7.15. The van der Waals surface area contributed by atoms with Crippen LogP contribution in [-0.4, -0.2) is 19.0 Å². The van der Waals surface area contributed by atoms with Crippen molar-refractivity contribution in [2.24, 2.45) is 5.92 Å².